The van der Waals surface area contributed by atoms with Gasteiger partial charge in [-0.15, -0.1) is 11.8 Å². The number of ether oxygens (including phenoxy) is 1. The number of carbonyl (C=O) groups excluding carboxylic acids is 1. The van der Waals surface area contributed by atoms with Crippen LogP contribution in [0.5, 0.6) is 0 Å². The summed E-state index contributed by atoms with van der Waals surface area (Å²) in [4.78, 5) is 12.5. The van der Waals surface area contributed by atoms with Crippen LogP contribution >= 0.6 is 23.4 Å². The van der Waals surface area contributed by atoms with Crippen molar-refractivity contribution in [2.24, 2.45) is 5.73 Å². The fourth-order valence-corrected chi connectivity index (χ4v) is 2.28. The summed E-state index contributed by atoms with van der Waals surface area (Å²) in [5.74, 6) is -0.377. The predicted octanol–water partition coefficient (Wildman–Crippen LogP) is 2.49. The average Bonchev–Trinajstić information content (AvgIpc) is 2.28. The van der Waals surface area contributed by atoms with Gasteiger partial charge in [0.25, 0.3) is 0 Å². The van der Waals surface area contributed by atoms with Crippen molar-refractivity contribution in [3.8, 4) is 0 Å². The molecule has 0 aliphatic heterocycles. The predicted molar refractivity (Wildman–Crippen MR) is 71.5 cm³/mol. The minimum atomic E-state index is -0.636. The largest absolute Gasteiger partial charge is 0.465 e. The molecule has 0 aliphatic rings. The van der Waals surface area contributed by atoms with Crippen LogP contribution < -0.4 is 5.73 Å². The maximum absolute atomic E-state index is 11.4. The Hall–Kier alpha value is -0.710. The molecule has 0 radical (unpaired) electrons. The highest BCUT2D eigenvalue weighted by atomic mass is 35.5. The van der Waals surface area contributed by atoms with E-state index in [4.69, 9.17) is 22.1 Å². The number of carbonyl (C=O) groups is 1. The molecule has 0 heterocycles. The summed E-state index contributed by atoms with van der Waals surface area (Å²) < 4.78 is 4.86. The molecule has 1 aromatic carbocycles. The second-order valence-electron chi connectivity index (χ2n) is 3.56. The van der Waals surface area contributed by atoms with Crippen LogP contribution in [0.15, 0.2) is 23.1 Å². The van der Waals surface area contributed by atoms with E-state index in [1.54, 1.807) is 18.7 Å². The molecule has 1 aromatic rings. The van der Waals surface area contributed by atoms with Gasteiger partial charge in [-0.3, -0.25) is 4.79 Å². The fourth-order valence-electron chi connectivity index (χ4n) is 1.44. The lowest BCUT2D eigenvalue weighted by Gasteiger charge is -2.11. The van der Waals surface area contributed by atoms with Crippen molar-refractivity contribution in [3.63, 3.8) is 0 Å². The van der Waals surface area contributed by atoms with Gasteiger partial charge in [0.1, 0.15) is 6.04 Å². The maximum atomic E-state index is 11.4. The van der Waals surface area contributed by atoms with Gasteiger partial charge in [-0.05, 0) is 43.4 Å². The lowest BCUT2D eigenvalue weighted by atomic mass is 10.1. The fraction of sp³-hybridized carbons (Fsp3) is 0.417. The van der Waals surface area contributed by atoms with Crippen molar-refractivity contribution in [1.82, 2.24) is 0 Å². The van der Waals surface area contributed by atoms with Crippen molar-refractivity contribution in [2.45, 2.75) is 24.3 Å². The summed E-state index contributed by atoms with van der Waals surface area (Å²) in [6.07, 6.45) is 2.41. The molecule has 2 N–H and O–H groups in total. The van der Waals surface area contributed by atoms with Crippen LogP contribution in [0.25, 0.3) is 0 Å². The number of hydrogen-bond acceptors (Lipinski definition) is 4. The molecule has 0 aromatic heterocycles. The monoisotopic (exact) mass is 273 g/mol. The Morgan fingerprint density at radius 1 is 1.53 bits per heavy atom. The van der Waals surface area contributed by atoms with Gasteiger partial charge in [0, 0.05) is 9.92 Å². The Balaban J connectivity index is 2.73. The molecule has 3 nitrogen and oxygen atoms in total. The molecular weight excluding hydrogens is 258 g/mol. The van der Waals surface area contributed by atoms with Crippen LogP contribution in [0.4, 0.5) is 0 Å². The Labute approximate surface area is 111 Å². The van der Waals surface area contributed by atoms with Crippen molar-refractivity contribution >= 4 is 29.3 Å². The Bertz CT molecular complexity index is 398. The number of halogens is 1. The molecule has 0 spiro atoms. The van der Waals surface area contributed by atoms with Gasteiger partial charge in [0.05, 0.1) is 6.61 Å². The molecule has 0 bridgehead atoms. The molecule has 0 saturated carbocycles. The summed E-state index contributed by atoms with van der Waals surface area (Å²) in [7, 11) is 0. The molecule has 0 aliphatic carbocycles. The van der Waals surface area contributed by atoms with Gasteiger partial charge in [0.15, 0.2) is 0 Å². The molecule has 0 saturated heterocycles. The second-order valence-corrected chi connectivity index (χ2v) is 4.88. The van der Waals surface area contributed by atoms with Crippen molar-refractivity contribution in [1.29, 1.82) is 0 Å². The quantitative estimate of drug-likeness (QED) is 0.662. The van der Waals surface area contributed by atoms with E-state index < -0.39 is 6.04 Å². The van der Waals surface area contributed by atoms with E-state index in [1.807, 2.05) is 24.5 Å². The normalized spacial score (nSPS) is 12.2. The van der Waals surface area contributed by atoms with Gasteiger partial charge in [-0.2, -0.15) is 0 Å². The topological polar surface area (TPSA) is 52.3 Å². The zero-order chi connectivity index (χ0) is 12.8. The average molecular weight is 274 g/mol. The first-order valence-corrected chi connectivity index (χ1v) is 6.92. The minimum Gasteiger partial charge on any atom is -0.465 e. The van der Waals surface area contributed by atoms with Gasteiger partial charge >= 0.3 is 5.97 Å². The molecule has 0 amide bonds. The van der Waals surface area contributed by atoms with E-state index in [-0.39, 0.29) is 5.97 Å². The third kappa shape index (κ3) is 4.58. The van der Waals surface area contributed by atoms with E-state index in [2.05, 4.69) is 0 Å². The highest BCUT2D eigenvalue weighted by Gasteiger charge is 2.15. The van der Waals surface area contributed by atoms with Gasteiger partial charge in [-0.25, -0.2) is 0 Å². The van der Waals surface area contributed by atoms with Gasteiger partial charge < -0.3 is 10.5 Å². The summed E-state index contributed by atoms with van der Waals surface area (Å²) in [6, 6.07) is 5.05. The summed E-state index contributed by atoms with van der Waals surface area (Å²) in [6.45, 7) is 2.11. The van der Waals surface area contributed by atoms with Crippen LogP contribution in [-0.4, -0.2) is 24.9 Å². The first-order valence-electron chi connectivity index (χ1n) is 5.32. The number of benzene rings is 1. The first kappa shape index (κ1) is 14.4. The summed E-state index contributed by atoms with van der Waals surface area (Å²) in [5, 5.41) is 0.655. The SMILES string of the molecule is CCOC(=O)C(N)Cc1cc(Cl)cc(SC)c1. The molecular formula is C12H16ClNO2S. The number of nitrogens with two attached hydrogens (primary N) is 1. The molecule has 0 fully saturated rings. The van der Waals surface area contributed by atoms with E-state index in [9.17, 15) is 4.79 Å². The van der Waals surface area contributed by atoms with Crippen molar-refractivity contribution in [2.75, 3.05) is 12.9 Å². The second kappa shape index (κ2) is 6.89. The zero-order valence-electron chi connectivity index (χ0n) is 9.90. The number of esters is 1. The van der Waals surface area contributed by atoms with E-state index in [0.29, 0.717) is 18.1 Å². The Kier molecular flexibility index (Phi) is 5.82. The number of thioether (sulfide) groups is 1. The lowest BCUT2D eigenvalue weighted by molar-refractivity contribution is -0.144. The smallest absolute Gasteiger partial charge is 0.323 e. The highest BCUT2D eigenvalue weighted by molar-refractivity contribution is 7.98. The molecule has 1 rings (SSSR count). The molecule has 1 atom stereocenters. The summed E-state index contributed by atoms with van der Waals surface area (Å²) in [5.41, 5.74) is 6.70. The summed E-state index contributed by atoms with van der Waals surface area (Å²) >= 11 is 7.58. The highest BCUT2D eigenvalue weighted by Crippen LogP contribution is 2.22. The van der Waals surface area contributed by atoms with Crippen LogP contribution in [0.3, 0.4) is 0 Å². The Morgan fingerprint density at radius 2 is 2.24 bits per heavy atom. The molecule has 94 valence electrons. The van der Waals surface area contributed by atoms with Crippen molar-refractivity contribution in [3.05, 3.63) is 28.8 Å². The van der Waals surface area contributed by atoms with E-state index >= 15 is 0 Å². The first-order chi connectivity index (χ1) is 8.06. The zero-order valence-corrected chi connectivity index (χ0v) is 11.5. The van der Waals surface area contributed by atoms with Crippen LogP contribution in [-0.2, 0) is 16.0 Å². The molecule has 1 unspecified atom stereocenters. The third-order valence-electron chi connectivity index (χ3n) is 2.21. The van der Waals surface area contributed by atoms with E-state index in [0.717, 1.165) is 10.5 Å². The maximum Gasteiger partial charge on any atom is 0.323 e. The number of hydrogen-bond donors (Lipinski definition) is 1. The van der Waals surface area contributed by atoms with Crippen molar-refractivity contribution < 1.29 is 9.53 Å². The Morgan fingerprint density at radius 3 is 2.82 bits per heavy atom. The van der Waals surface area contributed by atoms with Gasteiger partial charge in [0.2, 0.25) is 0 Å². The minimum absolute atomic E-state index is 0.345. The van der Waals surface area contributed by atoms with Gasteiger partial charge in [-0.1, -0.05) is 11.6 Å². The van der Waals surface area contributed by atoms with Crippen LogP contribution in [0.2, 0.25) is 5.02 Å². The van der Waals surface area contributed by atoms with Crippen LogP contribution in [0.1, 0.15) is 12.5 Å². The van der Waals surface area contributed by atoms with Crippen LogP contribution in [0, 0.1) is 0 Å². The molecule has 17 heavy (non-hydrogen) atoms. The molecule has 5 heteroatoms. The standard InChI is InChI=1S/C12H16ClNO2S/c1-3-16-12(15)11(14)6-8-4-9(13)7-10(5-8)17-2/h4-5,7,11H,3,6,14H2,1-2H3. The lowest BCUT2D eigenvalue weighted by Crippen LogP contribution is -2.34. The van der Waals surface area contributed by atoms with E-state index in [1.165, 1.54) is 0 Å². The third-order valence-corrected chi connectivity index (χ3v) is 3.14. The number of rotatable bonds is 5.